The number of carbonyl (C=O) groups excluding carboxylic acids is 1. The van der Waals surface area contributed by atoms with E-state index in [0.29, 0.717) is 23.3 Å². The molecule has 2 heterocycles. The SMILES string of the molecule is O=C(c1ccoc1Br)N1CCC(CO)C1. The lowest BCUT2D eigenvalue weighted by atomic mass is 10.1. The number of aliphatic hydroxyl groups excluding tert-OH is 1. The van der Waals surface area contributed by atoms with Crippen LogP contribution in [0.15, 0.2) is 21.4 Å². The Morgan fingerprint density at radius 2 is 2.53 bits per heavy atom. The smallest absolute Gasteiger partial charge is 0.258 e. The van der Waals surface area contributed by atoms with E-state index >= 15 is 0 Å². The summed E-state index contributed by atoms with van der Waals surface area (Å²) in [7, 11) is 0. The molecular weight excluding hydrogens is 262 g/mol. The molecule has 0 saturated carbocycles. The molecule has 0 radical (unpaired) electrons. The maximum absolute atomic E-state index is 11.9. The van der Waals surface area contributed by atoms with E-state index in [2.05, 4.69) is 15.9 Å². The molecule has 1 aromatic rings. The third-order valence-electron chi connectivity index (χ3n) is 2.68. The third-order valence-corrected chi connectivity index (χ3v) is 3.29. The molecule has 0 spiro atoms. The van der Waals surface area contributed by atoms with E-state index in [1.807, 2.05) is 0 Å². The van der Waals surface area contributed by atoms with E-state index in [9.17, 15) is 4.79 Å². The molecule has 0 aromatic carbocycles. The summed E-state index contributed by atoms with van der Waals surface area (Å²) in [5.41, 5.74) is 0.550. The number of furan rings is 1. The van der Waals surface area contributed by atoms with Crippen molar-refractivity contribution in [1.29, 1.82) is 0 Å². The average molecular weight is 274 g/mol. The summed E-state index contributed by atoms with van der Waals surface area (Å²) >= 11 is 3.18. The van der Waals surface area contributed by atoms with Crippen molar-refractivity contribution in [1.82, 2.24) is 4.90 Å². The summed E-state index contributed by atoms with van der Waals surface area (Å²) in [4.78, 5) is 13.7. The molecule has 1 aliphatic heterocycles. The van der Waals surface area contributed by atoms with Crippen LogP contribution in [0, 0.1) is 5.92 Å². The molecule has 1 amide bonds. The average Bonchev–Trinajstić information content (AvgIpc) is 2.84. The first-order chi connectivity index (χ1) is 7.22. The predicted octanol–water partition coefficient (Wildman–Crippen LogP) is 1.50. The summed E-state index contributed by atoms with van der Waals surface area (Å²) in [6.07, 6.45) is 2.36. The normalized spacial score (nSPS) is 20.9. The Morgan fingerprint density at radius 3 is 3.07 bits per heavy atom. The van der Waals surface area contributed by atoms with Crippen LogP contribution in [0.5, 0.6) is 0 Å². The number of nitrogens with zero attached hydrogens (tertiary/aromatic N) is 1. The monoisotopic (exact) mass is 273 g/mol. The molecule has 4 nitrogen and oxygen atoms in total. The van der Waals surface area contributed by atoms with Gasteiger partial charge in [0.1, 0.15) is 0 Å². The van der Waals surface area contributed by atoms with E-state index < -0.39 is 0 Å². The highest BCUT2D eigenvalue weighted by atomic mass is 79.9. The van der Waals surface area contributed by atoms with Crippen molar-refractivity contribution in [2.75, 3.05) is 19.7 Å². The van der Waals surface area contributed by atoms with Crippen LogP contribution >= 0.6 is 15.9 Å². The van der Waals surface area contributed by atoms with Gasteiger partial charge in [0, 0.05) is 25.6 Å². The number of hydrogen-bond acceptors (Lipinski definition) is 3. The number of aliphatic hydroxyl groups is 1. The Hall–Kier alpha value is -0.810. The van der Waals surface area contributed by atoms with Gasteiger partial charge in [-0.15, -0.1) is 0 Å². The second-order valence-corrected chi connectivity index (χ2v) is 4.42. The number of hydrogen-bond donors (Lipinski definition) is 1. The molecule has 1 saturated heterocycles. The Labute approximate surface area is 96.0 Å². The van der Waals surface area contributed by atoms with Crippen molar-refractivity contribution in [2.45, 2.75) is 6.42 Å². The fourth-order valence-corrected chi connectivity index (χ4v) is 2.19. The molecule has 1 aliphatic rings. The van der Waals surface area contributed by atoms with Gasteiger partial charge in [0.2, 0.25) is 0 Å². The van der Waals surface area contributed by atoms with Crippen LogP contribution in [0.1, 0.15) is 16.8 Å². The fourth-order valence-electron chi connectivity index (χ4n) is 1.78. The molecule has 1 aromatic heterocycles. The van der Waals surface area contributed by atoms with Crippen LogP contribution in [0.4, 0.5) is 0 Å². The van der Waals surface area contributed by atoms with Gasteiger partial charge in [-0.3, -0.25) is 4.79 Å². The lowest BCUT2D eigenvalue weighted by Crippen LogP contribution is -2.29. The van der Waals surface area contributed by atoms with Gasteiger partial charge in [-0.05, 0) is 28.4 Å². The summed E-state index contributed by atoms with van der Waals surface area (Å²) in [5, 5.41) is 8.98. The molecule has 0 bridgehead atoms. The topological polar surface area (TPSA) is 53.7 Å². The van der Waals surface area contributed by atoms with Gasteiger partial charge in [0.15, 0.2) is 4.67 Å². The van der Waals surface area contributed by atoms with Crippen molar-refractivity contribution in [3.63, 3.8) is 0 Å². The standard InChI is InChI=1S/C10H12BrNO3/c11-9-8(2-4-15-9)10(14)12-3-1-7(5-12)6-13/h2,4,7,13H,1,3,5-6H2. The van der Waals surface area contributed by atoms with Crippen LogP contribution in [-0.2, 0) is 0 Å². The fraction of sp³-hybridized carbons (Fsp3) is 0.500. The van der Waals surface area contributed by atoms with E-state index in [4.69, 9.17) is 9.52 Å². The van der Waals surface area contributed by atoms with Gasteiger partial charge in [0.25, 0.3) is 5.91 Å². The van der Waals surface area contributed by atoms with Crippen LogP contribution in [0.25, 0.3) is 0 Å². The largest absolute Gasteiger partial charge is 0.457 e. The van der Waals surface area contributed by atoms with Gasteiger partial charge >= 0.3 is 0 Å². The van der Waals surface area contributed by atoms with Crippen LogP contribution in [0.2, 0.25) is 0 Å². The maximum Gasteiger partial charge on any atom is 0.258 e. The second-order valence-electron chi connectivity index (χ2n) is 3.70. The van der Waals surface area contributed by atoms with Gasteiger partial charge < -0.3 is 14.4 Å². The van der Waals surface area contributed by atoms with E-state index in [1.165, 1.54) is 6.26 Å². The van der Waals surface area contributed by atoms with E-state index in [1.54, 1.807) is 11.0 Å². The third kappa shape index (κ3) is 2.08. The predicted molar refractivity (Wildman–Crippen MR) is 57.5 cm³/mol. The minimum absolute atomic E-state index is 0.0356. The van der Waals surface area contributed by atoms with Crippen molar-refractivity contribution in [3.8, 4) is 0 Å². The molecule has 1 fully saturated rings. The van der Waals surface area contributed by atoms with E-state index in [-0.39, 0.29) is 18.4 Å². The first-order valence-corrected chi connectivity index (χ1v) is 5.64. The quantitative estimate of drug-likeness (QED) is 0.889. The minimum Gasteiger partial charge on any atom is -0.457 e. The number of carbonyl (C=O) groups is 1. The van der Waals surface area contributed by atoms with Crippen molar-refractivity contribution < 1.29 is 14.3 Å². The van der Waals surface area contributed by atoms with Gasteiger partial charge in [-0.25, -0.2) is 0 Å². The number of likely N-dealkylation sites (tertiary alicyclic amines) is 1. The molecule has 5 heteroatoms. The number of halogens is 1. The molecule has 1 unspecified atom stereocenters. The molecule has 82 valence electrons. The van der Waals surface area contributed by atoms with Crippen LogP contribution < -0.4 is 0 Å². The van der Waals surface area contributed by atoms with Crippen molar-refractivity contribution >= 4 is 21.8 Å². The highest BCUT2D eigenvalue weighted by Gasteiger charge is 2.28. The van der Waals surface area contributed by atoms with Crippen molar-refractivity contribution in [2.24, 2.45) is 5.92 Å². The van der Waals surface area contributed by atoms with Crippen LogP contribution in [-0.4, -0.2) is 35.6 Å². The number of amides is 1. The Balaban J connectivity index is 2.07. The second kappa shape index (κ2) is 4.37. The van der Waals surface area contributed by atoms with Gasteiger partial charge in [-0.1, -0.05) is 0 Å². The molecule has 2 rings (SSSR count). The summed E-state index contributed by atoms with van der Waals surface area (Å²) < 4.78 is 5.49. The zero-order valence-electron chi connectivity index (χ0n) is 8.15. The summed E-state index contributed by atoms with van der Waals surface area (Å²) in [6, 6.07) is 1.65. The molecule has 1 atom stereocenters. The van der Waals surface area contributed by atoms with Crippen molar-refractivity contribution in [3.05, 3.63) is 22.6 Å². The Kier molecular flexibility index (Phi) is 3.11. The minimum atomic E-state index is -0.0356. The molecular formula is C10H12BrNO3. The lowest BCUT2D eigenvalue weighted by Gasteiger charge is -2.15. The number of rotatable bonds is 2. The highest BCUT2D eigenvalue weighted by Crippen LogP contribution is 2.23. The zero-order chi connectivity index (χ0) is 10.8. The summed E-state index contributed by atoms with van der Waals surface area (Å²) in [5.74, 6) is 0.186. The molecule has 1 N–H and O–H groups in total. The first-order valence-electron chi connectivity index (χ1n) is 4.85. The van der Waals surface area contributed by atoms with E-state index in [0.717, 1.165) is 6.42 Å². The zero-order valence-corrected chi connectivity index (χ0v) is 9.74. The lowest BCUT2D eigenvalue weighted by molar-refractivity contribution is 0.0780. The first kappa shape index (κ1) is 10.7. The Morgan fingerprint density at radius 1 is 1.73 bits per heavy atom. The van der Waals surface area contributed by atoms with Gasteiger partial charge in [-0.2, -0.15) is 0 Å². The van der Waals surface area contributed by atoms with Gasteiger partial charge in [0.05, 0.1) is 11.8 Å². The highest BCUT2D eigenvalue weighted by molar-refractivity contribution is 9.10. The van der Waals surface area contributed by atoms with Crippen LogP contribution in [0.3, 0.4) is 0 Å². The molecule has 0 aliphatic carbocycles. The molecule has 15 heavy (non-hydrogen) atoms. The summed E-state index contributed by atoms with van der Waals surface area (Å²) in [6.45, 7) is 1.49. The Bertz CT molecular complexity index is 363. The maximum atomic E-state index is 11.9.